The van der Waals surface area contributed by atoms with Crippen molar-refractivity contribution in [1.29, 1.82) is 0 Å². The van der Waals surface area contributed by atoms with E-state index in [0.29, 0.717) is 12.8 Å². The van der Waals surface area contributed by atoms with Crippen LogP contribution in [0.1, 0.15) is 60.8 Å². The Labute approximate surface area is 297 Å². The van der Waals surface area contributed by atoms with Gasteiger partial charge in [0.25, 0.3) is 0 Å². The fourth-order valence-electron chi connectivity index (χ4n) is 7.09. The monoisotopic (exact) mass is 711 g/mol. The van der Waals surface area contributed by atoms with E-state index in [1.165, 1.54) is 44.6 Å². The van der Waals surface area contributed by atoms with Crippen molar-refractivity contribution in [2.45, 2.75) is 134 Å². The van der Waals surface area contributed by atoms with Crippen LogP contribution in [0.3, 0.4) is 0 Å². The third kappa shape index (κ3) is 10.8. The lowest BCUT2D eigenvalue weighted by Gasteiger charge is -2.43. The van der Waals surface area contributed by atoms with Crippen molar-refractivity contribution < 1.29 is 58.1 Å². The van der Waals surface area contributed by atoms with Crippen molar-refractivity contribution >= 4 is 11.8 Å². The van der Waals surface area contributed by atoms with Gasteiger partial charge in [0, 0.05) is 38.2 Å². The highest BCUT2D eigenvalue weighted by atomic mass is 16.7. The molecule has 2 saturated heterocycles. The number of esters is 1. The predicted octanol–water partition coefficient (Wildman–Crippen LogP) is 2.55. The van der Waals surface area contributed by atoms with Crippen LogP contribution in [-0.2, 0) is 42.7 Å². The van der Waals surface area contributed by atoms with Gasteiger partial charge in [0.05, 0.1) is 24.9 Å². The molecule has 3 aliphatic rings. The molecule has 0 bridgehead atoms. The molecule has 3 aliphatic heterocycles. The number of rotatable bonds is 9. The molecule has 3 N–H and O–H groups in total. The summed E-state index contributed by atoms with van der Waals surface area (Å²) in [6.07, 6.45) is 2.53. The summed E-state index contributed by atoms with van der Waals surface area (Å²) in [5.74, 6) is -1.66. The maximum atomic E-state index is 13.3. The van der Waals surface area contributed by atoms with Crippen LogP contribution in [0.2, 0.25) is 0 Å². The molecule has 0 aromatic rings. The molecule has 0 spiro atoms. The highest BCUT2D eigenvalue weighted by Gasteiger charge is 2.47. The van der Waals surface area contributed by atoms with Gasteiger partial charge in [0.2, 0.25) is 0 Å². The Balaban J connectivity index is 1.90. The van der Waals surface area contributed by atoms with E-state index in [2.05, 4.69) is 0 Å². The lowest BCUT2D eigenvalue weighted by atomic mass is 9.84. The van der Waals surface area contributed by atoms with Gasteiger partial charge in [-0.25, -0.2) is 4.79 Å². The number of ketones is 1. The Morgan fingerprint density at radius 1 is 0.900 bits per heavy atom. The second-order valence-electron chi connectivity index (χ2n) is 14.4. The Morgan fingerprint density at radius 2 is 1.58 bits per heavy atom. The summed E-state index contributed by atoms with van der Waals surface area (Å²) in [4.78, 5) is 28.5. The number of cyclic esters (lactones) is 1. The Bertz CT molecular complexity index is 1180. The van der Waals surface area contributed by atoms with Gasteiger partial charge in [-0.1, -0.05) is 45.9 Å². The fraction of sp³-hybridized carbons (Fsp3) is 0.784. The molecule has 2 unspecified atom stereocenters. The molecular formula is C37H61NO12. The van der Waals surface area contributed by atoms with E-state index in [4.69, 9.17) is 33.2 Å². The number of carbonyl (C=O) groups is 2. The van der Waals surface area contributed by atoms with Crippen molar-refractivity contribution in [2.75, 3.05) is 34.9 Å². The molecule has 0 aromatic heterocycles. The molecule has 13 nitrogen and oxygen atoms in total. The van der Waals surface area contributed by atoms with E-state index in [9.17, 15) is 24.9 Å². The lowest BCUT2D eigenvalue weighted by molar-refractivity contribution is -0.310. The number of carbonyl (C=O) groups excluding carboxylic acids is 2. The second-order valence-corrected chi connectivity index (χ2v) is 14.4. The number of aliphatic hydroxyl groups excluding tert-OH is 2. The molecule has 0 aliphatic carbocycles. The van der Waals surface area contributed by atoms with Crippen LogP contribution in [0.5, 0.6) is 0 Å². The third-order valence-electron chi connectivity index (χ3n) is 10.1. The Kier molecular flexibility index (Phi) is 16.2. The summed E-state index contributed by atoms with van der Waals surface area (Å²) in [7, 11) is 6.70. The van der Waals surface area contributed by atoms with E-state index < -0.39 is 66.9 Å². The molecule has 15 atom stereocenters. The normalized spacial score (nSPS) is 44.4. The summed E-state index contributed by atoms with van der Waals surface area (Å²) in [6.45, 7) is 10.7. The minimum absolute atomic E-state index is 0.110. The molecule has 3 rings (SSSR count). The van der Waals surface area contributed by atoms with Crippen molar-refractivity contribution in [3.8, 4) is 0 Å². The van der Waals surface area contributed by atoms with Crippen molar-refractivity contribution in [1.82, 2.24) is 4.90 Å². The topological polar surface area (TPSA) is 163 Å². The van der Waals surface area contributed by atoms with Gasteiger partial charge >= 0.3 is 5.97 Å². The van der Waals surface area contributed by atoms with Crippen molar-refractivity contribution in [3.63, 3.8) is 0 Å². The Morgan fingerprint density at radius 3 is 2.20 bits per heavy atom. The van der Waals surface area contributed by atoms with Gasteiger partial charge in [0.15, 0.2) is 18.4 Å². The minimum Gasteiger partial charge on any atom is -0.456 e. The number of nitrogens with zero attached hydrogens (tertiary/aromatic N) is 1. The van der Waals surface area contributed by atoms with Crippen molar-refractivity contribution in [3.05, 3.63) is 36.5 Å². The molecular weight excluding hydrogens is 650 g/mol. The number of methoxy groups -OCH3 is 2. The third-order valence-corrected chi connectivity index (χ3v) is 10.1. The second kappa shape index (κ2) is 19.2. The molecule has 2 fully saturated rings. The van der Waals surface area contributed by atoms with E-state index in [-0.39, 0.29) is 48.7 Å². The predicted molar refractivity (Wildman–Crippen MR) is 185 cm³/mol. The van der Waals surface area contributed by atoms with E-state index in [1.54, 1.807) is 19.9 Å². The van der Waals surface area contributed by atoms with Crippen LogP contribution in [0.25, 0.3) is 0 Å². The average molecular weight is 712 g/mol. The van der Waals surface area contributed by atoms with Gasteiger partial charge < -0.3 is 53.4 Å². The van der Waals surface area contributed by atoms with Gasteiger partial charge in [-0.3, -0.25) is 4.79 Å². The van der Waals surface area contributed by atoms with Gasteiger partial charge in [-0.15, -0.1) is 0 Å². The number of likely N-dealkylation sites (N-methyl/N-ethyl adjacent to an activating group) is 1. The van der Waals surface area contributed by atoms with Crippen molar-refractivity contribution in [2.24, 2.45) is 17.8 Å². The van der Waals surface area contributed by atoms with E-state index in [0.717, 1.165) is 0 Å². The van der Waals surface area contributed by atoms with Gasteiger partial charge in [-0.05, 0) is 65.3 Å². The maximum absolute atomic E-state index is 13.3. The fourth-order valence-corrected chi connectivity index (χ4v) is 7.09. The SMILES string of the molecule is CCC1OC(=O)/C=C\[C@H](C)[C@@H](O[C@@H]2OC(C)C[C@H](N(C)C)[C@H]2O)[C@@H](C)C[C@@H](C)C(=O)/C=C\C=C/[C@]1(O)CO[C@@H]1O[C@H](C)[C@@H](O)[C@@H](OC)[C@H]1OC. The zero-order valence-electron chi connectivity index (χ0n) is 31.3. The van der Waals surface area contributed by atoms with Crippen LogP contribution in [0.15, 0.2) is 36.5 Å². The minimum atomic E-state index is -1.85. The lowest BCUT2D eigenvalue weighted by Crippen LogP contribution is -2.59. The van der Waals surface area contributed by atoms with Crippen LogP contribution in [-0.4, -0.2) is 140 Å². The van der Waals surface area contributed by atoms with E-state index in [1.807, 2.05) is 46.7 Å². The first-order valence-corrected chi connectivity index (χ1v) is 17.7. The van der Waals surface area contributed by atoms with Crippen LogP contribution in [0, 0.1) is 17.8 Å². The number of allylic oxidation sites excluding steroid dienone is 3. The maximum Gasteiger partial charge on any atom is 0.330 e. The standard InChI is InChI=1S/C37H61NO12/c1-11-28-37(43,20-46-36-34(45-10)33(44-9)30(41)25(6)48-36)17-13-12-14-27(39)22(3)18-23(4)32(21(2)15-16-29(40)49-28)50-35-31(42)26(38(7)8)19-24(5)47-35/h12-17,21-26,28,30-36,41-43H,11,18-20H2,1-10H3/b14-12-,16-15-,17-13-/t21-,22+,23-,24?,25+,26-,28?,30+,31+,32+,33+,34+,35-,36+,37-/m0/s1. The first kappa shape index (κ1) is 42.4. The zero-order valence-corrected chi connectivity index (χ0v) is 31.3. The van der Waals surface area contributed by atoms with E-state index >= 15 is 0 Å². The molecule has 50 heavy (non-hydrogen) atoms. The largest absolute Gasteiger partial charge is 0.456 e. The van der Waals surface area contributed by atoms with Crippen LogP contribution < -0.4 is 0 Å². The Hall–Kier alpha value is -2.04. The summed E-state index contributed by atoms with van der Waals surface area (Å²) in [5, 5.41) is 33.7. The summed E-state index contributed by atoms with van der Waals surface area (Å²) >= 11 is 0. The molecule has 13 heteroatoms. The molecule has 0 radical (unpaired) electrons. The zero-order chi connectivity index (χ0) is 37.3. The summed E-state index contributed by atoms with van der Waals surface area (Å²) in [5.41, 5.74) is -1.85. The highest BCUT2D eigenvalue weighted by molar-refractivity contribution is 5.91. The van der Waals surface area contributed by atoms with Gasteiger partial charge in [0.1, 0.15) is 36.1 Å². The molecule has 3 heterocycles. The van der Waals surface area contributed by atoms with Crippen LogP contribution in [0.4, 0.5) is 0 Å². The molecule has 286 valence electrons. The first-order chi connectivity index (χ1) is 23.6. The quantitative estimate of drug-likeness (QED) is 0.300. The molecule has 0 saturated carbocycles. The smallest absolute Gasteiger partial charge is 0.330 e. The van der Waals surface area contributed by atoms with Crippen LogP contribution >= 0.6 is 0 Å². The average Bonchev–Trinajstić information content (AvgIpc) is 3.07. The molecule has 0 aromatic carbocycles. The van der Waals surface area contributed by atoms with Gasteiger partial charge in [-0.2, -0.15) is 0 Å². The number of hydrogen-bond donors (Lipinski definition) is 3. The first-order valence-electron chi connectivity index (χ1n) is 17.7. The summed E-state index contributed by atoms with van der Waals surface area (Å²) in [6, 6.07) is -0.167. The molecule has 0 amide bonds. The summed E-state index contributed by atoms with van der Waals surface area (Å²) < 4.78 is 41.3. The highest BCUT2D eigenvalue weighted by Crippen LogP contribution is 2.32. The number of hydrogen-bond acceptors (Lipinski definition) is 13. The number of aliphatic hydroxyl groups is 3. The number of ether oxygens (including phenoxy) is 7.